The summed E-state index contributed by atoms with van der Waals surface area (Å²) in [4.78, 5) is 15.9. The quantitative estimate of drug-likeness (QED) is 0.787. The summed E-state index contributed by atoms with van der Waals surface area (Å²) in [6, 6.07) is 10.2. The number of nitrogens with zero attached hydrogens (tertiary/aromatic N) is 2. The molecule has 6 nitrogen and oxygen atoms in total. The highest BCUT2D eigenvalue weighted by atomic mass is 32.2. The number of hydrogen-bond donors (Lipinski definition) is 0. The number of ether oxygens (including phenoxy) is 1. The largest absolute Gasteiger partial charge is 0.456 e. The maximum absolute atomic E-state index is 13.1. The van der Waals surface area contributed by atoms with Crippen LogP contribution >= 0.6 is 0 Å². The smallest absolute Gasteiger partial charge is 0.303 e. The summed E-state index contributed by atoms with van der Waals surface area (Å²) in [7, 11) is -3.71. The molecule has 25 heavy (non-hydrogen) atoms. The van der Waals surface area contributed by atoms with Gasteiger partial charge >= 0.3 is 5.97 Å². The molecule has 2 heterocycles. The molecule has 1 aliphatic heterocycles. The van der Waals surface area contributed by atoms with Gasteiger partial charge in [-0.1, -0.05) is 17.7 Å². The number of aromatic nitrogens is 1. The molecular weight excluding hydrogens is 340 g/mol. The normalized spacial score (nSPS) is 17.5. The first-order chi connectivity index (χ1) is 11.9. The molecule has 0 spiro atoms. The molecule has 132 valence electrons. The second-order valence-electron chi connectivity index (χ2n) is 6.04. The van der Waals surface area contributed by atoms with Gasteiger partial charge in [0.1, 0.15) is 11.8 Å². The number of sulfonamides is 1. The SMILES string of the molecule is CC(=O)OC1CCCN(S(=O)(=O)c2ccc(C)cc2)c2cccnc21. The lowest BCUT2D eigenvalue weighted by Gasteiger charge is -2.24. The van der Waals surface area contributed by atoms with E-state index in [9.17, 15) is 13.2 Å². The number of fused-ring (bicyclic) bond motifs is 1. The second kappa shape index (κ2) is 6.84. The van der Waals surface area contributed by atoms with Crippen LogP contribution in [0.3, 0.4) is 0 Å². The van der Waals surface area contributed by atoms with Crippen LogP contribution in [-0.2, 0) is 19.6 Å². The van der Waals surface area contributed by atoms with Crippen LogP contribution < -0.4 is 4.31 Å². The first kappa shape index (κ1) is 17.4. The molecule has 0 N–H and O–H groups in total. The molecule has 0 amide bonds. The van der Waals surface area contributed by atoms with Crippen molar-refractivity contribution in [2.45, 2.75) is 37.7 Å². The van der Waals surface area contributed by atoms with E-state index in [1.54, 1.807) is 42.6 Å². The van der Waals surface area contributed by atoms with Gasteiger partial charge in [0.25, 0.3) is 10.0 Å². The molecule has 0 radical (unpaired) electrons. The van der Waals surface area contributed by atoms with Gasteiger partial charge in [-0.05, 0) is 44.0 Å². The molecule has 0 fully saturated rings. The third-order valence-corrected chi connectivity index (χ3v) is 5.96. The third kappa shape index (κ3) is 3.51. The van der Waals surface area contributed by atoms with Crippen molar-refractivity contribution in [3.63, 3.8) is 0 Å². The van der Waals surface area contributed by atoms with Crippen molar-refractivity contribution in [2.75, 3.05) is 10.8 Å². The van der Waals surface area contributed by atoms with Crippen molar-refractivity contribution in [3.8, 4) is 0 Å². The van der Waals surface area contributed by atoms with Gasteiger partial charge in [-0.2, -0.15) is 0 Å². The van der Waals surface area contributed by atoms with Gasteiger partial charge < -0.3 is 4.74 Å². The van der Waals surface area contributed by atoms with Crippen molar-refractivity contribution < 1.29 is 17.9 Å². The topological polar surface area (TPSA) is 76.6 Å². The summed E-state index contributed by atoms with van der Waals surface area (Å²) in [5.74, 6) is -0.406. The number of benzene rings is 1. The van der Waals surface area contributed by atoms with E-state index in [2.05, 4.69) is 4.98 Å². The third-order valence-electron chi connectivity index (χ3n) is 4.13. The molecule has 1 unspecified atom stereocenters. The Morgan fingerprint density at radius 2 is 1.96 bits per heavy atom. The second-order valence-corrected chi connectivity index (χ2v) is 7.90. The number of pyridine rings is 1. The van der Waals surface area contributed by atoms with Gasteiger partial charge in [-0.3, -0.25) is 14.1 Å². The number of aryl methyl sites for hydroxylation is 1. The van der Waals surface area contributed by atoms with E-state index in [1.807, 2.05) is 6.92 Å². The maximum atomic E-state index is 13.1. The summed E-state index contributed by atoms with van der Waals surface area (Å²) in [5.41, 5.74) is 1.93. The Labute approximate surface area is 147 Å². The highest BCUT2D eigenvalue weighted by Crippen LogP contribution is 2.36. The summed E-state index contributed by atoms with van der Waals surface area (Å²) in [5, 5.41) is 0. The standard InChI is InChI=1S/C18H20N2O4S/c1-13-7-9-15(10-8-13)25(22,23)20-12-4-6-17(24-14(2)21)18-16(20)5-3-11-19-18/h3,5,7-11,17H,4,6,12H2,1-2H3. The summed E-state index contributed by atoms with van der Waals surface area (Å²) < 4.78 is 33.0. The zero-order valence-electron chi connectivity index (χ0n) is 14.2. The highest BCUT2D eigenvalue weighted by molar-refractivity contribution is 7.92. The van der Waals surface area contributed by atoms with Gasteiger partial charge in [0.05, 0.1) is 10.6 Å². The van der Waals surface area contributed by atoms with Crippen LogP contribution in [-0.4, -0.2) is 25.9 Å². The minimum absolute atomic E-state index is 0.235. The van der Waals surface area contributed by atoms with E-state index in [1.165, 1.54) is 11.2 Å². The first-order valence-electron chi connectivity index (χ1n) is 8.11. The lowest BCUT2D eigenvalue weighted by Crippen LogP contribution is -2.32. The van der Waals surface area contributed by atoms with E-state index in [-0.39, 0.29) is 4.90 Å². The van der Waals surface area contributed by atoms with Gasteiger partial charge in [0, 0.05) is 19.7 Å². The number of carbonyl (C=O) groups excluding carboxylic acids is 1. The Bertz CT molecular complexity index is 878. The summed E-state index contributed by atoms with van der Waals surface area (Å²) in [6.07, 6.45) is 2.15. The van der Waals surface area contributed by atoms with Gasteiger partial charge in [0.2, 0.25) is 0 Å². The zero-order chi connectivity index (χ0) is 18.0. The number of esters is 1. The fourth-order valence-electron chi connectivity index (χ4n) is 2.95. The van der Waals surface area contributed by atoms with Crippen LogP contribution in [0.15, 0.2) is 47.5 Å². The van der Waals surface area contributed by atoms with Crippen molar-refractivity contribution in [3.05, 3.63) is 53.9 Å². The number of hydrogen-bond acceptors (Lipinski definition) is 5. The predicted octanol–water partition coefficient (Wildman–Crippen LogP) is 2.98. The molecule has 1 atom stereocenters. The molecule has 1 aromatic carbocycles. The molecule has 0 aliphatic carbocycles. The fourth-order valence-corrected chi connectivity index (χ4v) is 4.46. The molecule has 2 aromatic rings. The minimum atomic E-state index is -3.71. The Kier molecular flexibility index (Phi) is 4.76. The van der Waals surface area contributed by atoms with E-state index >= 15 is 0 Å². The predicted molar refractivity (Wildman–Crippen MR) is 93.7 cm³/mol. The van der Waals surface area contributed by atoms with E-state index in [0.29, 0.717) is 30.8 Å². The Morgan fingerprint density at radius 3 is 2.64 bits per heavy atom. The molecule has 0 saturated carbocycles. The van der Waals surface area contributed by atoms with Gasteiger partial charge in [-0.15, -0.1) is 0 Å². The molecule has 0 saturated heterocycles. The van der Waals surface area contributed by atoms with Crippen molar-refractivity contribution in [1.82, 2.24) is 4.98 Å². The number of anilines is 1. The fraction of sp³-hybridized carbons (Fsp3) is 0.333. The van der Waals surface area contributed by atoms with E-state index in [0.717, 1.165) is 5.56 Å². The van der Waals surface area contributed by atoms with Crippen LogP contribution in [0.2, 0.25) is 0 Å². The van der Waals surface area contributed by atoms with E-state index < -0.39 is 22.1 Å². The van der Waals surface area contributed by atoms with Crippen molar-refractivity contribution in [1.29, 1.82) is 0 Å². The number of carbonyl (C=O) groups is 1. The van der Waals surface area contributed by atoms with E-state index in [4.69, 9.17) is 4.74 Å². The van der Waals surface area contributed by atoms with Crippen LogP contribution in [0.4, 0.5) is 5.69 Å². The Balaban J connectivity index is 2.06. The zero-order valence-corrected chi connectivity index (χ0v) is 15.0. The van der Waals surface area contributed by atoms with Crippen LogP contribution in [0, 0.1) is 6.92 Å². The van der Waals surface area contributed by atoms with Crippen LogP contribution in [0.25, 0.3) is 0 Å². The maximum Gasteiger partial charge on any atom is 0.303 e. The Morgan fingerprint density at radius 1 is 1.24 bits per heavy atom. The number of rotatable bonds is 3. The molecule has 1 aliphatic rings. The first-order valence-corrected chi connectivity index (χ1v) is 9.55. The van der Waals surface area contributed by atoms with Crippen LogP contribution in [0.1, 0.15) is 37.1 Å². The Hall–Kier alpha value is -2.41. The molecule has 7 heteroatoms. The average Bonchev–Trinajstić information content (AvgIpc) is 2.75. The average molecular weight is 360 g/mol. The lowest BCUT2D eigenvalue weighted by molar-refractivity contribution is -0.147. The van der Waals surface area contributed by atoms with Gasteiger partial charge in [-0.25, -0.2) is 8.42 Å². The molecule has 1 aromatic heterocycles. The van der Waals surface area contributed by atoms with Crippen molar-refractivity contribution >= 4 is 21.7 Å². The lowest BCUT2D eigenvalue weighted by atomic mass is 10.1. The molecule has 3 rings (SSSR count). The highest BCUT2D eigenvalue weighted by Gasteiger charge is 2.33. The monoisotopic (exact) mass is 360 g/mol. The van der Waals surface area contributed by atoms with Crippen molar-refractivity contribution in [2.24, 2.45) is 0 Å². The molecule has 0 bridgehead atoms. The minimum Gasteiger partial charge on any atom is -0.456 e. The van der Waals surface area contributed by atoms with Crippen LogP contribution in [0.5, 0.6) is 0 Å². The summed E-state index contributed by atoms with van der Waals surface area (Å²) >= 11 is 0. The van der Waals surface area contributed by atoms with Gasteiger partial charge in [0.15, 0.2) is 0 Å². The summed E-state index contributed by atoms with van der Waals surface area (Å²) in [6.45, 7) is 3.56. The molecular formula is C18H20N2O4S.